The lowest BCUT2D eigenvalue weighted by Gasteiger charge is -2.29. The van der Waals surface area contributed by atoms with Crippen LogP contribution >= 0.6 is 0 Å². The second-order valence-electron chi connectivity index (χ2n) is 8.45. The Balaban J connectivity index is 2.53. The smallest absolute Gasteiger partial charge is 0.305 e. The van der Waals surface area contributed by atoms with E-state index < -0.39 is 45.3 Å². The molecule has 0 aliphatic heterocycles. The number of carbonyl (C=O) groups excluding carboxylic acids is 1. The van der Waals surface area contributed by atoms with E-state index in [4.69, 9.17) is 10.8 Å². The molecule has 7 nitrogen and oxygen atoms in total. The van der Waals surface area contributed by atoms with E-state index in [0.29, 0.717) is 18.4 Å². The quantitative estimate of drug-likeness (QED) is 0.335. The number of sulfone groups is 1. The van der Waals surface area contributed by atoms with E-state index >= 15 is 0 Å². The third-order valence-electron chi connectivity index (χ3n) is 5.88. The van der Waals surface area contributed by atoms with Gasteiger partial charge in [0.1, 0.15) is 0 Å². The maximum Gasteiger partial charge on any atom is 0.305 e. The van der Waals surface area contributed by atoms with Gasteiger partial charge in [0.2, 0.25) is 0 Å². The number of ketones is 1. The number of hydrogen-bond acceptors (Lipinski definition) is 6. The van der Waals surface area contributed by atoms with Crippen LogP contribution in [0.2, 0.25) is 0 Å². The van der Waals surface area contributed by atoms with Crippen LogP contribution in [0.3, 0.4) is 0 Å². The van der Waals surface area contributed by atoms with Crippen LogP contribution in [0.15, 0.2) is 47.4 Å². The normalized spacial score (nSPS) is 14.6. The first-order valence-electron chi connectivity index (χ1n) is 11.7. The molecule has 4 N–H and O–H groups in total. The van der Waals surface area contributed by atoms with Crippen LogP contribution in [0.1, 0.15) is 58.8 Å². The highest BCUT2D eigenvalue weighted by Gasteiger charge is 2.40. The fraction of sp³-hybridized carbons (Fsp3) is 0.520. The molecule has 2 rings (SSSR count). The number of Topliss-reactive ketones (excluding diaryl/α,β-unsaturated/α-hetero) is 1. The minimum absolute atomic E-state index is 0.182. The third kappa shape index (κ3) is 7.09. The lowest BCUT2D eigenvalue weighted by atomic mass is 9.97. The maximum atomic E-state index is 14.0. The molecule has 0 saturated heterocycles. The predicted octanol–water partition coefficient (Wildman–Crippen LogP) is 3.69. The van der Waals surface area contributed by atoms with Crippen molar-refractivity contribution in [3.05, 3.63) is 42.5 Å². The zero-order valence-corrected chi connectivity index (χ0v) is 20.3. The third-order valence-corrected chi connectivity index (χ3v) is 8.15. The number of aliphatic carboxylic acids is 1. The first-order valence-corrected chi connectivity index (χ1v) is 13.2. The zero-order chi connectivity index (χ0) is 24.4. The molecule has 0 spiro atoms. The molecule has 0 bridgehead atoms. The summed E-state index contributed by atoms with van der Waals surface area (Å²) in [5.41, 5.74) is 5.92. The second kappa shape index (κ2) is 12.8. The summed E-state index contributed by atoms with van der Waals surface area (Å²) in [6.45, 7) is 4.47. The Morgan fingerprint density at radius 1 is 1.00 bits per heavy atom. The van der Waals surface area contributed by atoms with Gasteiger partial charge in [0, 0.05) is 5.39 Å². The van der Waals surface area contributed by atoms with Crippen LogP contribution < -0.4 is 11.1 Å². The highest BCUT2D eigenvalue weighted by atomic mass is 32.2. The molecular weight excluding hydrogens is 440 g/mol. The summed E-state index contributed by atoms with van der Waals surface area (Å²) < 4.78 is 28.0. The number of hydrogen-bond donors (Lipinski definition) is 3. The lowest BCUT2D eigenvalue weighted by Crippen LogP contribution is -2.55. The topological polar surface area (TPSA) is 127 Å². The Hall–Kier alpha value is -2.29. The number of benzene rings is 2. The fourth-order valence-electron chi connectivity index (χ4n) is 4.08. The Kier molecular flexibility index (Phi) is 10.5. The van der Waals surface area contributed by atoms with E-state index in [9.17, 15) is 18.0 Å². The van der Waals surface area contributed by atoms with Crippen molar-refractivity contribution in [1.82, 2.24) is 5.32 Å². The van der Waals surface area contributed by atoms with Crippen molar-refractivity contribution in [3.8, 4) is 0 Å². The average molecular weight is 477 g/mol. The largest absolute Gasteiger partial charge is 0.481 e. The molecule has 0 aliphatic rings. The summed E-state index contributed by atoms with van der Waals surface area (Å²) in [5.74, 6) is -1.76. The van der Waals surface area contributed by atoms with Crippen molar-refractivity contribution >= 4 is 32.4 Å². The number of fused-ring (bicyclic) bond motifs is 1. The Bertz CT molecular complexity index is 1030. The van der Waals surface area contributed by atoms with Gasteiger partial charge in [0.05, 0.1) is 28.6 Å². The monoisotopic (exact) mass is 476 g/mol. The summed E-state index contributed by atoms with van der Waals surface area (Å²) >= 11 is 0. The minimum Gasteiger partial charge on any atom is -0.481 e. The maximum absolute atomic E-state index is 14.0. The molecule has 182 valence electrons. The standard InChI is InChI=1S/C25H36N2O5S/c1-3-5-9-16-27-24(25(30)20(26)17-23(28)29)22(14-6-4-2)33(31,32)21-15-10-12-18-11-7-8-13-19(18)21/h7-8,10-13,15,20,22,24,27H,3-6,9,14,16-17,26H2,1-2H3,(H,28,29)/t20-,22?,24?/m0/s1. The van der Waals surface area contributed by atoms with E-state index in [0.717, 1.165) is 31.1 Å². The number of carbonyl (C=O) groups is 2. The molecule has 0 saturated carbocycles. The molecule has 3 atom stereocenters. The molecule has 2 aromatic carbocycles. The fourth-order valence-corrected chi connectivity index (χ4v) is 6.23. The van der Waals surface area contributed by atoms with Gasteiger partial charge in [0.25, 0.3) is 0 Å². The van der Waals surface area contributed by atoms with Crippen LogP contribution in [-0.4, -0.2) is 49.2 Å². The van der Waals surface area contributed by atoms with E-state index in [1.807, 2.05) is 25.1 Å². The van der Waals surface area contributed by atoms with E-state index in [1.165, 1.54) is 0 Å². The van der Waals surface area contributed by atoms with Crippen molar-refractivity contribution in [2.75, 3.05) is 6.54 Å². The van der Waals surface area contributed by atoms with Crippen molar-refractivity contribution in [1.29, 1.82) is 0 Å². The molecule has 0 aliphatic carbocycles. The first-order chi connectivity index (χ1) is 15.7. The molecule has 0 fully saturated rings. The molecular formula is C25H36N2O5S. The van der Waals surface area contributed by atoms with Crippen molar-refractivity contribution in [2.24, 2.45) is 5.73 Å². The molecule has 8 heteroatoms. The van der Waals surface area contributed by atoms with Crippen LogP contribution in [0, 0.1) is 0 Å². The van der Waals surface area contributed by atoms with Gasteiger partial charge in [-0.3, -0.25) is 9.59 Å². The van der Waals surface area contributed by atoms with Crippen molar-refractivity contribution in [2.45, 2.75) is 81.0 Å². The molecule has 2 unspecified atom stereocenters. The molecule has 2 aromatic rings. The number of nitrogens with one attached hydrogen (secondary N) is 1. The highest BCUT2D eigenvalue weighted by molar-refractivity contribution is 7.92. The number of rotatable bonds is 15. The number of nitrogens with two attached hydrogens (primary N) is 1. The van der Waals surface area contributed by atoms with Gasteiger partial charge in [0.15, 0.2) is 15.6 Å². The summed E-state index contributed by atoms with van der Waals surface area (Å²) in [6.07, 6.45) is 3.81. The number of carboxylic acid groups (broad SMARTS) is 1. The van der Waals surface area contributed by atoms with Crippen LogP contribution in [0.4, 0.5) is 0 Å². The van der Waals surface area contributed by atoms with Crippen LogP contribution in [0.25, 0.3) is 10.8 Å². The van der Waals surface area contributed by atoms with Gasteiger partial charge < -0.3 is 16.2 Å². The summed E-state index contributed by atoms with van der Waals surface area (Å²) in [6, 6.07) is 10.0. The summed E-state index contributed by atoms with van der Waals surface area (Å²) in [7, 11) is -3.94. The molecule has 0 heterocycles. The Labute approximate surface area is 196 Å². The van der Waals surface area contributed by atoms with Gasteiger partial charge in [-0.2, -0.15) is 0 Å². The second-order valence-corrected chi connectivity index (χ2v) is 10.6. The predicted molar refractivity (Wildman–Crippen MR) is 131 cm³/mol. The van der Waals surface area contributed by atoms with Gasteiger partial charge in [-0.15, -0.1) is 0 Å². The Morgan fingerprint density at radius 3 is 2.33 bits per heavy atom. The van der Waals surface area contributed by atoms with E-state index in [1.54, 1.807) is 24.3 Å². The molecule has 0 amide bonds. The van der Waals surface area contributed by atoms with Gasteiger partial charge in [-0.1, -0.05) is 75.9 Å². The van der Waals surface area contributed by atoms with E-state index in [2.05, 4.69) is 12.2 Å². The highest BCUT2D eigenvalue weighted by Crippen LogP contribution is 2.30. The van der Waals surface area contributed by atoms with Gasteiger partial charge in [-0.25, -0.2) is 8.42 Å². The molecule has 0 radical (unpaired) electrons. The summed E-state index contributed by atoms with van der Waals surface area (Å²) in [4.78, 5) is 24.6. The molecule has 33 heavy (non-hydrogen) atoms. The van der Waals surface area contributed by atoms with E-state index in [-0.39, 0.29) is 11.3 Å². The zero-order valence-electron chi connectivity index (χ0n) is 19.5. The van der Waals surface area contributed by atoms with Crippen molar-refractivity contribution < 1.29 is 23.1 Å². The first kappa shape index (κ1) is 27.0. The summed E-state index contributed by atoms with van der Waals surface area (Å²) in [5, 5.41) is 12.6. The number of unbranched alkanes of at least 4 members (excludes halogenated alkanes) is 3. The van der Waals surface area contributed by atoms with Crippen LogP contribution in [-0.2, 0) is 19.4 Å². The average Bonchev–Trinajstić information content (AvgIpc) is 2.79. The Morgan fingerprint density at radius 2 is 1.67 bits per heavy atom. The SMILES string of the molecule is CCCCCNC(C(=O)[C@@H](N)CC(=O)O)C(CCCC)S(=O)(=O)c1cccc2ccccc12. The minimum atomic E-state index is -3.94. The van der Waals surface area contributed by atoms with Crippen molar-refractivity contribution in [3.63, 3.8) is 0 Å². The van der Waals surface area contributed by atoms with Crippen LogP contribution in [0.5, 0.6) is 0 Å². The molecule has 0 aromatic heterocycles. The van der Waals surface area contributed by atoms with Gasteiger partial charge >= 0.3 is 5.97 Å². The number of carboxylic acids is 1. The van der Waals surface area contributed by atoms with Gasteiger partial charge in [-0.05, 0) is 30.8 Å². The lowest BCUT2D eigenvalue weighted by molar-refractivity contribution is -0.139.